The molecule has 1 aromatic rings. The van der Waals surface area contributed by atoms with Crippen molar-refractivity contribution < 1.29 is 9.53 Å². The molecule has 0 radical (unpaired) electrons. The molecule has 1 rings (SSSR count). The van der Waals surface area contributed by atoms with Gasteiger partial charge in [0.2, 0.25) is 0 Å². The Balaban J connectivity index is 2.57. The molecule has 0 aliphatic carbocycles. The third-order valence-corrected chi connectivity index (χ3v) is 2.63. The topological polar surface area (TPSA) is 53.6 Å². The lowest BCUT2D eigenvalue weighted by Crippen LogP contribution is -2.30. The number of carbonyl (C=O) groups is 1. The molecule has 0 saturated heterocycles. The molecule has 5 nitrogen and oxygen atoms in total. The van der Waals surface area contributed by atoms with Crippen LogP contribution in [0, 0.1) is 0 Å². The molecule has 5 heteroatoms. The van der Waals surface area contributed by atoms with Gasteiger partial charge in [-0.25, -0.2) is 4.79 Å². The first-order valence-electron chi connectivity index (χ1n) is 6.10. The lowest BCUT2D eigenvalue weighted by atomic mass is 10.2. The summed E-state index contributed by atoms with van der Waals surface area (Å²) < 4.78 is 4.75. The van der Waals surface area contributed by atoms with Crippen LogP contribution >= 0.6 is 0 Å². The number of urea groups is 1. The van der Waals surface area contributed by atoms with E-state index in [0.29, 0.717) is 0 Å². The summed E-state index contributed by atoms with van der Waals surface area (Å²) in [4.78, 5) is 13.6. The van der Waals surface area contributed by atoms with Gasteiger partial charge in [-0.3, -0.25) is 0 Å². The van der Waals surface area contributed by atoms with Gasteiger partial charge in [-0.2, -0.15) is 0 Å². The van der Waals surface area contributed by atoms with E-state index >= 15 is 0 Å². The number of rotatable bonds is 6. The van der Waals surface area contributed by atoms with E-state index in [4.69, 9.17) is 4.74 Å². The average Bonchev–Trinajstić information content (AvgIpc) is 2.40. The van der Waals surface area contributed by atoms with Crippen molar-refractivity contribution in [3.63, 3.8) is 0 Å². The first kappa shape index (κ1) is 14.3. The Morgan fingerprint density at radius 3 is 2.33 bits per heavy atom. The quantitative estimate of drug-likeness (QED) is 0.762. The first-order valence-corrected chi connectivity index (χ1v) is 6.10. The van der Waals surface area contributed by atoms with Crippen molar-refractivity contribution in [3.05, 3.63) is 24.3 Å². The van der Waals surface area contributed by atoms with Gasteiger partial charge in [-0.1, -0.05) is 0 Å². The maximum absolute atomic E-state index is 11.4. The summed E-state index contributed by atoms with van der Waals surface area (Å²) >= 11 is 0. The number of hydrogen-bond donors (Lipinski definition) is 2. The second-order valence-electron chi connectivity index (χ2n) is 3.78. The van der Waals surface area contributed by atoms with Crippen molar-refractivity contribution in [1.29, 1.82) is 0 Å². The summed E-state index contributed by atoms with van der Waals surface area (Å²) in [5, 5.41) is 5.29. The van der Waals surface area contributed by atoms with Gasteiger partial charge < -0.3 is 20.3 Å². The molecule has 0 atom stereocenters. The van der Waals surface area contributed by atoms with E-state index in [2.05, 4.69) is 29.4 Å². The summed E-state index contributed by atoms with van der Waals surface area (Å²) in [7, 11) is 1.53. The van der Waals surface area contributed by atoms with Gasteiger partial charge in [0.15, 0.2) is 0 Å². The molecule has 0 aliphatic rings. The molecule has 0 aromatic heterocycles. The molecule has 0 heterocycles. The van der Waals surface area contributed by atoms with E-state index in [0.717, 1.165) is 24.5 Å². The summed E-state index contributed by atoms with van der Waals surface area (Å²) in [6.07, 6.45) is 0. The molecule has 0 aliphatic heterocycles. The zero-order chi connectivity index (χ0) is 13.4. The van der Waals surface area contributed by atoms with Crippen LogP contribution in [-0.2, 0) is 4.74 Å². The predicted octanol–water partition coefficient (Wildman–Crippen LogP) is 2.26. The van der Waals surface area contributed by atoms with Crippen molar-refractivity contribution in [2.45, 2.75) is 13.8 Å². The molecule has 2 amide bonds. The summed E-state index contributed by atoms with van der Waals surface area (Å²) in [6, 6.07) is 7.50. The third kappa shape index (κ3) is 4.25. The number of carbonyl (C=O) groups excluding carboxylic acids is 1. The Hall–Kier alpha value is -1.75. The molecule has 0 fully saturated rings. The highest BCUT2D eigenvalue weighted by Crippen LogP contribution is 2.17. The Morgan fingerprint density at radius 2 is 1.83 bits per heavy atom. The maximum atomic E-state index is 11.4. The van der Waals surface area contributed by atoms with Crippen LogP contribution in [0.3, 0.4) is 0 Å². The van der Waals surface area contributed by atoms with Crippen molar-refractivity contribution in [3.8, 4) is 0 Å². The van der Waals surface area contributed by atoms with Crippen molar-refractivity contribution >= 4 is 17.4 Å². The third-order valence-electron chi connectivity index (χ3n) is 2.63. The summed E-state index contributed by atoms with van der Waals surface area (Å²) in [5.74, 6) is 0. The van der Waals surface area contributed by atoms with Gasteiger partial charge >= 0.3 is 6.03 Å². The second kappa shape index (κ2) is 7.55. The van der Waals surface area contributed by atoms with Gasteiger partial charge in [0.1, 0.15) is 6.73 Å². The molecule has 0 saturated carbocycles. The zero-order valence-corrected chi connectivity index (χ0v) is 11.2. The van der Waals surface area contributed by atoms with Gasteiger partial charge in [-0.05, 0) is 38.1 Å². The number of hydrogen-bond acceptors (Lipinski definition) is 3. The zero-order valence-electron chi connectivity index (χ0n) is 11.2. The Bertz CT molecular complexity index is 361. The maximum Gasteiger partial charge on any atom is 0.321 e. The highest BCUT2D eigenvalue weighted by molar-refractivity contribution is 5.89. The van der Waals surface area contributed by atoms with E-state index < -0.39 is 0 Å². The SMILES string of the molecule is CCN(CC)c1ccc(NC(=O)NCOC)cc1. The molecule has 100 valence electrons. The summed E-state index contributed by atoms with van der Waals surface area (Å²) in [5.41, 5.74) is 1.92. The van der Waals surface area contributed by atoms with Crippen molar-refractivity contribution in [1.82, 2.24) is 5.32 Å². The average molecular weight is 251 g/mol. The molecule has 18 heavy (non-hydrogen) atoms. The number of ether oxygens (including phenoxy) is 1. The number of anilines is 2. The van der Waals surface area contributed by atoms with E-state index in [1.807, 2.05) is 24.3 Å². The minimum atomic E-state index is -0.271. The van der Waals surface area contributed by atoms with Crippen LogP contribution in [0.25, 0.3) is 0 Å². The smallest absolute Gasteiger partial charge is 0.321 e. The fourth-order valence-electron chi connectivity index (χ4n) is 1.66. The number of nitrogens with one attached hydrogen (secondary N) is 2. The fourth-order valence-corrected chi connectivity index (χ4v) is 1.66. The van der Waals surface area contributed by atoms with Crippen LogP contribution in [0.4, 0.5) is 16.2 Å². The van der Waals surface area contributed by atoms with Crippen molar-refractivity contribution in [2.75, 3.05) is 37.1 Å². The van der Waals surface area contributed by atoms with Gasteiger partial charge in [0, 0.05) is 31.6 Å². The molecule has 1 aromatic carbocycles. The largest absolute Gasteiger partial charge is 0.372 e. The van der Waals surface area contributed by atoms with Gasteiger partial charge in [0.25, 0.3) is 0 Å². The van der Waals surface area contributed by atoms with E-state index in [1.165, 1.54) is 7.11 Å². The van der Waals surface area contributed by atoms with Crippen LogP contribution < -0.4 is 15.5 Å². The van der Waals surface area contributed by atoms with Gasteiger partial charge in [-0.15, -0.1) is 0 Å². The molecule has 0 bridgehead atoms. The number of amides is 2. The predicted molar refractivity (Wildman–Crippen MR) is 74.0 cm³/mol. The number of nitrogens with zero attached hydrogens (tertiary/aromatic N) is 1. The molecular weight excluding hydrogens is 230 g/mol. The Labute approximate surface area is 108 Å². The minimum absolute atomic E-state index is 0.198. The van der Waals surface area contributed by atoms with E-state index in [9.17, 15) is 4.79 Å². The molecular formula is C13H21N3O2. The van der Waals surface area contributed by atoms with E-state index in [1.54, 1.807) is 0 Å². The molecule has 2 N–H and O–H groups in total. The monoisotopic (exact) mass is 251 g/mol. The number of benzene rings is 1. The van der Waals surface area contributed by atoms with Gasteiger partial charge in [0.05, 0.1) is 0 Å². The normalized spacial score (nSPS) is 9.94. The number of methoxy groups -OCH3 is 1. The highest BCUT2D eigenvalue weighted by Gasteiger charge is 2.03. The van der Waals surface area contributed by atoms with E-state index in [-0.39, 0.29) is 12.8 Å². The lowest BCUT2D eigenvalue weighted by Gasteiger charge is -2.21. The minimum Gasteiger partial charge on any atom is -0.372 e. The van der Waals surface area contributed by atoms with Crippen LogP contribution in [-0.4, -0.2) is 33.0 Å². The Kier molecular flexibility index (Phi) is 6.00. The van der Waals surface area contributed by atoms with Crippen molar-refractivity contribution in [2.24, 2.45) is 0 Å². The lowest BCUT2D eigenvalue weighted by molar-refractivity contribution is 0.177. The first-order chi connectivity index (χ1) is 8.71. The molecule has 0 spiro atoms. The van der Waals surface area contributed by atoms with Crippen LogP contribution in [0.15, 0.2) is 24.3 Å². The van der Waals surface area contributed by atoms with Crippen LogP contribution in [0.1, 0.15) is 13.8 Å². The fraction of sp³-hybridized carbons (Fsp3) is 0.462. The summed E-state index contributed by atoms with van der Waals surface area (Å²) in [6.45, 7) is 6.38. The highest BCUT2D eigenvalue weighted by atomic mass is 16.5. The van der Waals surface area contributed by atoms with Crippen LogP contribution in [0.5, 0.6) is 0 Å². The second-order valence-corrected chi connectivity index (χ2v) is 3.78. The Morgan fingerprint density at radius 1 is 1.22 bits per heavy atom. The van der Waals surface area contributed by atoms with Crippen LogP contribution in [0.2, 0.25) is 0 Å². The molecule has 0 unspecified atom stereocenters. The standard InChI is InChI=1S/C13H21N3O2/c1-4-16(5-2)12-8-6-11(7-9-12)15-13(17)14-10-18-3/h6-9H,4-5,10H2,1-3H3,(H2,14,15,17).